The fraction of sp³-hybridized carbons (Fsp3) is 0.250. The lowest BCUT2D eigenvalue weighted by Gasteiger charge is -2.50. The molecule has 1 amide bonds. The van der Waals surface area contributed by atoms with Gasteiger partial charge in [-0.25, -0.2) is 17.6 Å². The van der Waals surface area contributed by atoms with E-state index in [1.165, 1.54) is 28.9 Å². The van der Waals surface area contributed by atoms with Crippen molar-refractivity contribution in [2.75, 3.05) is 12.1 Å². The summed E-state index contributed by atoms with van der Waals surface area (Å²) in [5.41, 5.74) is -0.107. The van der Waals surface area contributed by atoms with Crippen molar-refractivity contribution in [1.82, 2.24) is 9.58 Å². The second kappa shape index (κ2) is 7.89. The van der Waals surface area contributed by atoms with Crippen LogP contribution in [0.1, 0.15) is 46.1 Å². The number of aromatic nitrogens is 1. The molecule has 3 aromatic rings. The van der Waals surface area contributed by atoms with Crippen LogP contribution in [0.4, 0.5) is 17.6 Å². The summed E-state index contributed by atoms with van der Waals surface area (Å²) < 4.78 is 58.0. The van der Waals surface area contributed by atoms with Gasteiger partial charge >= 0.3 is 0 Å². The van der Waals surface area contributed by atoms with Crippen molar-refractivity contribution < 1.29 is 27.5 Å². The third kappa shape index (κ3) is 3.24. The molecule has 10 heteroatoms. The number of pyridine rings is 1. The summed E-state index contributed by atoms with van der Waals surface area (Å²) in [7, 11) is 1.50. The van der Waals surface area contributed by atoms with Gasteiger partial charge in [-0.1, -0.05) is 6.07 Å². The van der Waals surface area contributed by atoms with Crippen LogP contribution >= 0.6 is 0 Å². The molecule has 1 N–H and O–H groups in total. The summed E-state index contributed by atoms with van der Waals surface area (Å²) in [5, 5.41) is 12.0. The van der Waals surface area contributed by atoms with Crippen LogP contribution in [0.2, 0.25) is 0 Å². The maximum atomic E-state index is 14.5. The molecule has 1 unspecified atom stereocenters. The zero-order chi connectivity index (χ0) is 24.3. The standard InChI is InChI=1S/C24H19F4N3O3/c1-29-20-4-2-3-12-9-17(27)18(28)11-14(12)21(13-5-6-15(25)16(26)10-13)31(20)30-8-7-19(32)23(33)22(30)24(29)34/h5-11,20-21,33H,2-4H2,1H3/t20?,21-/m0/s1. The molecule has 5 rings (SSSR count). The Hall–Kier alpha value is -3.82. The Kier molecular flexibility index (Phi) is 5.11. The Morgan fingerprint density at radius 1 is 0.941 bits per heavy atom. The monoisotopic (exact) mass is 473 g/mol. The van der Waals surface area contributed by atoms with Gasteiger partial charge in [-0.2, -0.15) is 0 Å². The molecule has 0 aliphatic carbocycles. The molecule has 176 valence electrons. The van der Waals surface area contributed by atoms with Crippen LogP contribution in [0.3, 0.4) is 0 Å². The summed E-state index contributed by atoms with van der Waals surface area (Å²) in [4.78, 5) is 26.5. The van der Waals surface area contributed by atoms with Gasteiger partial charge in [-0.05, 0) is 60.2 Å². The number of carbonyl (C=O) groups is 1. The summed E-state index contributed by atoms with van der Waals surface area (Å²) >= 11 is 0. The number of hydrogen-bond donors (Lipinski definition) is 1. The van der Waals surface area contributed by atoms with Gasteiger partial charge in [0.2, 0.25) is 5.43 Å². The van der Waals surface area contributed by atoms with Crippen LogP contribution in [-0.4, -0.2) is 33.8 Å². The molecule has 3 heterocycles. The van der Waals surface area contributed by atoms with Crippen molar-refractivity contribution in [2.45, 2.75) is 31.5 Å². The van der Waals surface area contributed by atoms with Crippen molar-refractivity contribution >= 4 is 5.91 Å². The molecular formula is C24H19F4N3O3. The van der Waals surface area contributed by atoms with Crippen LogP contribution < -0.4 is 10.4 Å². The second-order valence-corrected chi connectivity index (χ2v) is 8.43. The summed E-state index contributed by atoms with van der Waals surface area (Å²) in [5.74, 6) is -5.74. The fourth-order valence-electron chi connectivity index (χ4n) is 4.86. The minimum absolute atomic E-state index is 0.213. The zero-order valence-corrected chi connectivity index (χ0v) is 17.9. The fourth-order valence-corrected chi connectivity index (χ4v) is 4.86. The summed E-state index contributed by atoms with van der Waals surface area (Å²) in [6.07, 6.45) is 1.90. The van der Waals surface area contributed by atoms with E-state index in [0.717, 1.165) is 30.3 Å². The topological polar surface area (TPSA) is 65.8 Å². The lowest BCUT2D eigenvalue weighted by atomic mass is 9.88. The van der Waals surface area contributed by atoms with E-state index >= 15 is 0 Å². The number of hydrogen-bond acceptors (Lipinski definition) is 4. The lowest BCUT2D eigenvalue weighted by Crippen LogP contribution is -2.61. The lowest BCUT2D eigenvalue weighted by molar-refractivity contribution is 0.0600. The number of aromatic hydroxyl groups is 1. The Labute approximate surface area is 191 Å². The normalized spacial score (nSPS) is 19.7. The van der Waals surface area contributed by atoms with E-state index in [1.807, 2.05) is 0 Å². The Bertz CT molecular complexity index is 1390. The molecule has 0 bridgehead atoms. The summed E-state index contributed by atoms with van der Waals surface area (Å²) in [6.45, 7) is 0. The predicted molar refractivity (Wildman–Crippen MR) is 114 cm³/mol. The van der Waals surface area contributed by atoms with E-state index in [-0.39, 0.29) is 11.3 Å². The van der Waals surface area contributed by atoms with E-state index in [2.05, 4.69) is 0 Å². The molecule has 0 radical (unpaired) electrons. The summed E-state index contributed by atoms with van der Waals surface area (Å²) in [6, 6.07) is 5.37. The van der Waals surface area contributed by atoms with E-state index < -0.39 is 52.6 Å². The number of carbonyl (C=O) groups excluding carboxylic acids is 1. The largest absolute Gasteiger partial charge is 0.502 e. The minimum Gasteiger partial charge on any atom is -0.502 e. The van der Waals surface area contributed by atoms with E-state index in [9.17, 15) is 32.3 Å². The SMILES string of the molecule is CN1C(=O)c2c(O)c(=O)ccn2N2C1CCCc1cc(F)c(F)cc1[C@@H]2c1ccc(F)c(F)c1. The maximum Gasteiger partial charge on any atom is 0.277 e. The first-order valence-corrected chi connectivity index (χ1v) is 10.6. The first-order valence-electron chi connectivity index (χ1n) is 10.6. The van der Waals surface area contributed by atoms with Gasteiger partial charge in [-0.3, -0.25) is 19.3 Å². The van der Waals surface area contributed by atoms with Gasteiger partial charge in [0.15, 0.2) is 34.7 Å². The molecule has 0 saturated carbocycles. The maximum absolute atomic E-state index is 14.5. The van der Waals surface area contributed by atoms with Gasteiger partial charge in [0.25, 0.3) is 5.91 Å². The van der Waals surface area contributed by atoms with Gasteiger partial charge < -0.3 is 10.0 Å². The minimum atomic E-state index is -1.13. The van der Waals surface area contributed by atoms with Crippen LogP contribution in [-0.2, 0) is 6.42 Å². The van der Waals surface area contributed by atoms with Crippen LogP contribution in [0, 0.1) is 23.3 Å². The zero-order valence-electron chi connectivity index (χ0n) is 17.9. The third-order valence-corrected chi connectivity index (χ3v) is 6.49. The molecule has 2 aromatic carbocycles. The van der Waals surface area contributed by atoms with Gasteiger partial charge in [0.1, 0.15) is 6.17 Å². The molecule has 0 fully saturated rings. The molecule has 6 nitrogen and oxygen atoms in total. The van der Waals surface area contributed by atoms with Crippen molar-refractivity contribution in [3.05, 3.63) is 98.5 Å². The highest BCUT2D eigenvalue weighted by molar-refractivity contribution is 5.96. The number of fused-ring (bicyclic) bond motifs is 4. The molecule has 34 heavy (non-hydrogen) atoms. The van der Waals surface area contributed by atoms with Crippen LogP contribution in [0.15, 0.2) is 47.4 Å². The highest BCUT2D eigenvalue weighted by Crippen LogP contribution is 2.40. The smallest absolute Gasteiger partial charge is 0.277 e. The highest BCUT2D eigenvalue weighted by atomic mass is 19.2. The third-order valence-electron chi connectivity index (χ3n) is 6.49. The average Bonchev–Trinajstić information content (AvgIpc) is 2.79. The second-order valence-electron chi connectivity index (χ2n) is 8.43. The van der Waals surface area contributed by atoms with Crippen molar-refractivity contribution in [3.8, 4) is 5.75 Å². The average molecular weight is 473 g/mol. The Morgan fingerprint density at radius 3 is 2.38 bits per heavy atom. The molecule has 0 spiro atoms. The van der Waals surface area contributed by atoms with E-state index in [4.69, 9.17) is 0 Å². The Morgan fingerprint density at radius 2 is 1.65 bits per heavy atom. The van der Waals surface area contributed by atoms with Crippen molar-refractivity contribution in [3.63, 3.8) is 0 Å². The predicted octanol–water partition coefficient (Wildman–Crippen LogP) is 3.59. The number of nitrogens with zero attached hydrogens (tertiary/aromatic N) is 3. The van der Waals surface area contributed by atoms with Crippen molar-refractivity contribution in [1.29, 1.82) is 0 Å². The molecule has 0 saturated heterocycles. The molecular weight excluding hydrogens is 454 g/mol. The first kappa shape index (κ1) is 22.0. The number of rotatable bonds is 1. The van der Waals surface area contributed by atoms with Gasteiger partial charge in [0.05, 0.1) is 6.04 Å². The quantitative estimate of drug-likeness (QED) is 0.549. The number of aryl methyl sites for hydroxylation is 1. The molecule has 1 aromatic heterocycles. The van der Waals surface area contributed by atoms with Gasteiger partial charge in [-0.15, -0.1) is 0 Å². The van der Waals surface area contributed by atoms with Gasteiger partial charge in [0, 0.05) is 19.3 Å². The number of halogens is 4. The van der Waals surface area contributed by atoms with Crippen LogP contribution in [0.5, 0.6) is 5.75 Å². The van der Waals surface area contributed by atoms with Crippen molar-refractivity contribution in [2.24, 2.45) is 0 Å². The molecule has 2 atom stereocenters. The van der Waals surface area contributed by atoms with Crippen LogP contribution in [0.25, 0.3) is 0 Å². The Balaban J connectivity index is 1.86. The molecule has 2 aliphatic heterocycles. The number of benzene rings is 2. The molecule has 2 aliphatic rings. The number of amides is 1. The first-order chi connectivity index (χ1) is 16.2. The van der Waals surface area contributed by atoms with E-state index in [1.54, 1.807) is 5.01 Å². The van der Waals surface area contributed by atoms with E-state index in [0.29, 0.717) is 30.4 Å². The highest BCUT2D eigenvalue weighted by Gasteiger charge is 2.43.